The van der Waals surface area contributed by atoms with Gasteiger partial charge in [0.25, 0.3) is 0 Å². The highest BCUT2D eigenvalue weighted by Gasteiger charge is 2.10. The second kappa shape index (κ2) is 7.92. The number of nitrogens with one attached hydrogen (secondary N) is 1. The van der Waals surface area contributed by atoms with E-state index in [2.05, 4.69) is 31.2 Å². The summed E-state index contributed by atoms with van der Waals surface area (Å²) in [7, 11) is 1.95. The van der Waals surface area contributed by atoms with Crippen molar-refractivity contribution in [1.29, 1.82) is 0 Å². The minimum Gasteiger partial charge on any atom is -0.457 e. The molecule has 0 radical (unpaired) electrons. The number of amides is 1. The molecule has 0 fully saturated rings. The topological polar surface area (TPSA) is 95.1 Å². The van der Waals surface area contributed by atoms with Crippen LogP contribution in [0.15, 0.2) is 65.3 Å². The summed E-state index contributed by atoms with van der Waals surface area (Å²) in [6.07, 6.45) is 1.66. The van der Waals surface area contributed by atoms with Gasteiger partial charge in [0.1, 0.15) is 11.5 Å². The molecule has 146 valence electrons. The van der Waals surface area contributed by atoms with E-state index >= 15 is 0 Å². The number of benzene rings is 2. The average Bonchev–Trinajstić information content (AvgIpc) is 2.96. The summed E-state index contributed by atoms with van der Waals surface area (Å²) in [4.78, 5) is 19.9. The Balaban J connectivity index is 1.59. The molecule has 3 N–H and O–H groups in total. The Bertz CT molecular complexity index is 1200. The van der Waals surface area contributed by atoms with Crippen LogP contribution in [0.4, 0.5) is 11.6 Å². The van der Waals surface area contributed by atoms with Gasteiger partial charge in [-0.1, -0.05) is 22.0 Å². The molecule has 2 aromatic heterocycles. The van der Waals surface area contributed by atoms with E-state index in [1.165, 1.54) is 0 Å². The molecular formula is C21H18BrN5O2. The zero-order valence-corrected chi connectivity index (χ0v) is 17.2. The summed E-state index contributed by atoms with van der Waals surface area (Å²) in [5, 5.41) is 3.33. The number of ether oxygens (including phenoxy) is 1. The third-order valence-corrected chi connectivity index (χ3v) is 4.81. The summed E-state index contributed by atoms with van der Waals surface area (Å²) in [5.74, 6) is 1.51. The summed E-state index contributed by atoms with van der Waals surface area (Å²) >= 11 is 3.47. The number of anilines is 2. The van der Waals surface area contributed by atoms with E-state index in [-0.39, 0.29) is 6.42 Å². The molecule has 29 heavy (non-hydrogen) atoms. The first-order valence-electron chi connectivity index (χ1n) is 8.88. The molecule has 0 atom stereocenters. The molecule has 2 heterocycles. The number of hydrogen-bond acceptors (Lipinski definition) is 5. The van der Waals surface area contributed by atoms with Gasteiger partial charge < -0.3 is 20.4 Å². The fraction of sp³-hybridized carbons (Fsp3) is 0.0952. The molecule has 0 unspecified atom stereocenters. The van der Waals surface area contributed by atoms with Gasteiger partial charge in [-0.05, 0) is 36.4 Å². The van der Waals surface area contributed by atoms with Gasteiger partial charge in [-0.25, -0.2) is 4.98 Å². The molecule has 1 amide bonds. The van der Waals surface area contributed by atoms with Crippen LogP contribution in [0, 0.1) is 0 Å². The number of aromatic nitrogens is 3. The van der Waals surface area contributed by atoms with Gasteiger partial charge in [0, 0.05) is 35.5 Å². The Morgan fingerprint density at radius 2 is 2.00 bits per heavy atom. The SMILES string of the molecule is Cn1c(Nc2cccc(Br)c2)nc2cc(Oc3ccnc(CC(N)=O)c3)ccc21. The number of imidazole rings is 1. The molecule has 0 aliphatic heterocycles. The van der Waals surface area contributed by atoms with Gasteiger partial charge in [0.05, 0.1) is 23.1 Å². The molecule has 8 heteroatoms. The first kappa shape index (κ1) is 18.9. The minimum atomic E-state index is -0.435. The van der Waals surface area contributed by atoms with Crippen LogP contribution < -0.4 is 15.8 Å². The van der Waals surface area contributed by atoms with Crippen LogP contribution in [0.1, 0.15) is 5.69 Å². The van der Waals surface area contributed by atoms with Gasteiger partial charge in [-0.3, -0.25) is 9.78 Å². The number of primary amides is 1. The van der Waals surface area contributed by atoms with Crippen molar-refractivity contribution in [3.8, 4) is 11.5 Å². The lowest BCUT2D eigenvalue weighted by molar-refractivity contribution is -0.117. The first-order valence-corrected chi connectivity index (χ1v) is 9.67. The lowest BCUT2D eigenvalue weighted by Crippen LogP contribution is -2.14. The van der Waals surface area contributed by atoms with E-state index in [1.54, 1.807) is 18.3 Å². The number of fused-ring (bicyclic) bond motifs is 1. The Morgan fingerprint density at radius 1 is 1.17 bits per heavy atom. The van der Waals surface area contributed by atoms with Crippen molar-refractivity contribution in [2.24, 2.45) is 12.8 Å². The van der Waals surface area contributed by atoms with E-state index < -0.39 is 5.91 Å². The van der Waals surface area contributed by atoms with Crippen molar-refractivity contribution in [1.82, 2.24) is 14.5 Å². The molecule has 4 aromatic rings. The van der Waals surface area contributed by atoms with Crippen molar-refractivity contribution in [2.75, 3.05) is 5.32 Å². The lowest BCUT2D eigenvalue weighted by Gasteiger charge is -2.07. The summed E-state index contributed by atoms with van der Waals surface area (Å²) in [5.41, 5.74) is 8.50. The van der Waals surface area contributed by atoms with Crippen LogP contribution in [0.3, 0.4) is 0 Å². The van der Waals surface area contributed by atoms with Crippen LogP contribution >= 0.6 is 15.9 Å². The standard InChI is InChI=1S/C21H18BrN5O2/c1-27-19-6-5-16(29-17-7-8-24-15(10-17)11-20(23)28)12-18(19)26-21(27)25-14-4-2-3-13(22)9-14/h2-10,12H,11H2,1H3,(H2,23,28)(H,25,26). The van der Waals surface area contributed by atoms with Crippen LogP contribution in [0.5, 0.6) is 11.5 Å². The molecule has 0 saturated heterocycles. The highest BCUT2D eigenvalue weighted by molar-refractivity contribution is 9.10. The fourth-order valence-electron chi connectivity index (χ4n) is 2.98. The smallest absolute Gasteiger partial charge is 0.223 e. The van der Waals surface area contributed by atoms with Crippen molar-refractivity contribution in [3.05, 3.63) is 71.0 Å². The molecule has 0 bridgehead atoms. The molecular weight excluding hydrogens is 434 g/mol. The predicted octanol–water partition coefficient (Wildman–Crippen LogP) is 4.29. The summed E-state index contributed by atoms with van der Waals surface area (Å²) in [6.45, 7) is 0. The van der Waals surface area contributed by atoms with Crippen LogP contribution in [0.25, 0.3) is 11.0 Å². The molecule has 0 spiro atoms. The highest BCUT2D eigenvalue weighted by Crippen LogP contribution is 2.28. The Labute approximate surface area is 175 Å². The fourth-order valence-corrected chi connectivity index (χ4v) is 3.38. The number of hydrogen-bond donors (Lipinski definition) is 2. The van der Waals surface area contributed by atoms with Gasteiger partial charge >= 0.3 is 0 Å². The Morgan fingerprint density at radius 3 is 2.79 bits per heavy atom. The normalized spacial score (nSPS) is 10.8. The average molecular weight is 452 g/mol. The second-order valence-corrected chi connectivity index (χ2v) is 7.42. The maximum atomic E-state index is 11.1. The number of nitrogens with zero attached hydrogens (tertiary/aromatic N) is 3. The van der Waals surface area contributed by atoms with Crippen molar-refractivity contribution in [2.45, 2.75) is 6.42 Å². The molecule has 2 aromatic carbocycles. The van der Waals surface area contributed by atoms with E-state index in [4.69, 9.17) is 10.5 Å². The number of carbonyl (C=O) groups is 1. The molecule has 0 aliphatic rings. The second-order valence-electron chi connectivity index (χ2n) is 6.51. The van der Waals surface area contributed by atoms with E-state index in [0.717, 1.165) is 27.1 Å². The lowest BCUT2D eigenvalue weighted by atomic mass is 10.2. The zero-order chi connectivity index (χ0) is 20.4. The third-order valence-electron chi connectivity index (χ3n) is 4.31. The van der Waals surface area contributed by atoms with E-state index in [0.29, 0.717) is 17.2 Å². The molecule has 7 nitrogen and oxygen atoms in total. The number of carbonyl (C=O) groups excluding carboxylic acids is 1. The van der Waals surface area contributed by atoms with Crippen molar-refractivity contribution >= 4 is 44.5 Å². The number of rotatable bonds is 6. The number of nitrogens with two attached hydrogens (primary N) is 1. The van der Waals surface area contributed by atoms with E-state index in [9.17, 15) is 4.79 Å². The third kappa shape index (κ3) is 4.38. The predicted molar refractivity (Wildman–Crippen MR) is 115 cm³/mol. The minimum absolute atomic E-state index is 0.0705. The zero-order valence-electron chi connectivity index (χ0n) is 15.6. The van der Waals surface area contributed by atoms with Crippen LogP contribution in [-0.2, 0) is 18.3 Å². The Kier molecular flexibility index (Phi) is 5.18. The Hall–Kier alpha value is -3.39. The van der Waals surface area contributed by atoms with Crippen molar-refractivity contribution < 1.29 is 9.53 Å². The van der Waals surface area contributed by atoms with Gasteiger partial charge in [-0.2, -0.15) is 0 Å². The number of pyridine rings is 1. The van der Waals surface area contributed by atoms with Crippen LogP contribution in [-0.4, -0.2) is 20.4 Å². The monoisotopic (exact) mass is 451 g/mol. The van der Waals surface area contributed by atoms with Gasteiger partial charge in [0.15, 0.2) is 0 Å². The van der Waals surface area contributed by atoms with Crippen LogP contribution in [0.2, 0.25) is 0 Å². The molecule has 4 rings (SSSR count). The van der Waals surface area contributed by atoms with Crippen molar-refractivity contribution in [3.63, 3.8) is 0 Å². The molecule has 0 saturated carbocycles. The molecule has 0 aliphatic carbocycles. The largest absolute Gasteiger partial charge is 0.457 e. The number of aryl methyl sites for hydroxylation is 1. The van der Waals surface area contributed by atoms with Gasteiger partial charge in [0.2, 0.25) is 11.9 Å². The van der Waals surface area contributed by atoms with Gasteiger partial charge in [-0.15, -0.1) is 0 Å². The summed E-state index contributed by atoms with van der Waals surface area (Å²) in [6, 6.07) is 17.0. The quantitative estimate of drug-likeness (QED) is 0.455. The first-order chi connectivity index (χ1) is 14.0. The maximum absolute atomic E-state index is 11.1. The number of halogens is 1. The highest BCUT2D eigenvalue weighted by atomic mass is 79.9. The van der Waals surface area contributed by atoms with E-state index in [1.807, 2.05) is 54.1 Å². The maximum Gasteiger partial charge on any atom is 0.223 e. The summed E-state index contributed by atoms with van der Waals surface area (Å²) < 4.78 is 8.90.